The molecule has 0 aliphatic carbocycles. The molecule has 0 unspecified atom stereocenters. The summed E-state index contributed by atoms with van der Waals surface area (Å²) in [6, 6.07) is 0. The van der Waals surface area contributed by atoms with E-state index in [1.54, 1.807) is 4.90 Å². The van der Waals surface area contributed by atoms with Crippen molar-refractivity contribution < 1.29 is 15.3 Å². The van der Waals surface area contributed by atoms with Gasteiger partial charge in [0.2, 0.25) is 0 Å². The van der Waals surface area contributed by atoms with Gasteiger partial charge >= 0.3 is 0 Å². The molecule has 0 fully saturated rings. The fourth-order valence-corrected chi connectivity index (χ4v) is 0.825. The SMILES string of the molecule is CCN(CO)CC(CO)CO. The van der Waals surface area contributed by atoms with Gasteiger partial charge in [0.15, 0.2) is 0 Å². The summed E-state index contributed by atoms with van der Waals surface area (Å²) in [6.45, 7) is 3.10. The Morgan fingerprint density at radius 2 is 1.73 bits per heavy atom. The van der Waals surface area contributed by atoms with Crippen molar-refractivity contribution in [2.24, 2.45) is 5.92 Å². The van der Waals surface area contributed by atoms with E-state index in [9.17, 15) is 0 Å². The van der Waals surface area contributed by atoms with Crippen molar-refractivity contribution >= 4 is 0 Å². The van der Waals surface area contributed by atoms with Crippen LogP contribution in [-0.4, -0.2) is 53.3 Å². The lowest BCUT2D eigenvalue weighted by molar-refractivity contribution is 0.0610. The van der Waals surface area contributed by atoms with Crippen molar-refractivity contribution in [3.63, 3.8) is 0 Å². The highest BCUT2D eigenvalue weighted by atomic mass is 16.3. The van der Waals surface area contributed by atoms with Gasteiger partial charge in [-0.1, -0.05) is 6.92 Å². The first kappa shape index (κ1) is 10.8. The Morgan fingerprint density at radius 3 is 2.00 bits per heavy atom. The minimum Gasteiger partial charge on any atom is -0.396 e. The van der Waals surface area contributed by atoms with E-state index >= 15 is 0 Å². The molecule has 0 atom stereocenters. The second-order valence-corrected chi connectivity index (χ2v) is 2.54. The molecular weight excluding hydrogens is 146 g/mol. The maximum atomic E-state index is 8.73. The summed E-state index contributed by atoms with van der Waals surface area (Å²) < 4.78 is 0. The van der Waals surface area contributed by atoms with Gasteiger partial charge in [-0.2, -0.15) is 0 Å². The number of rotatable bonds is 6. The van der Waals surface area contributed by atoms with Crippen molar-refractivity contribution in [3.8, 4) is 0 Å². The Hall–Kier alpha value is -0.160. The number of hydrogen-bond donors (Lipinski definition) is 3. The lowest BCUT2D eigenvalue weighted by Gasteiger charge is -2.21. The monoisotopic (exact) mass is 163 g/mol. The van der Waals surface area contributed by atoms with E-state index in [0.717, 1.165) is 6.54 Å². The summed E-state index contributed by atoms with van der Waals surface area (Å²) >= 11 is 0. The van der Waals surface area contributed by atoms with Crippen LogP contribution in [0.25, 0.3) is 0 Å². The van der Waals surface area contributed by atoms with E-state index in [1.165, 1.54) is 0 Å². The first-order chi connectivity index (χ1) is 5.28. The van der Waals surface area contributed by atoms with E-state index in [1.807, 2.05) is 6.92 Å². The van der Waals surface area contributed by atoms with Crippen molar-refractivity contribution in [1.29, 1.82) is 0 Å². The van der Waals surface area contributed by atoms with Gasteiger partial charge in [-0.05, 0) is 6.54 Å². The largest absolute Gasteiger partial charge is 0.396 e. The van der Waals surface area contributed by atoms with Gasteiger partial charge in [0.25, 0.3) is 0 Å². The molecule has 0 aromatic rings. The summed E-state index contributed by atoms with van der Waals surface area (Å²) in [6.07, 6.45) is 0. The molecule has 0 aliphatic rings. The van der Waals surface area contributed by atoms with Crippen LogP contribution in [0, 0.1) is 5.92 Å². The first-order valence-corrected chi connectivity index (χ1v) is 3.83. The Labute approximate surface area is 67.1 Å². The topological polar surface area (TPSA) is 63.9 Å². The average molecular weight is 163 g/mol. The van der Waals surface area contributed by atoms with Crippen LogP contribution in [0.1, 0.15) is 6.92 Å². The summed E-state index contributed by atoms with van der Waals surface area (Å²) in [7, 11) is 0. The molecule has 0 heterocycles. The van der Waals surface area contributed by atoms with Gasteiger partial charge in [-0.3, -0.25) is 4.90 Å². The molecular formula is C7H17NO3. The second-order valence-electron chi connectivity index (χ2n) is 2.54. The maximum absolute atomic E-state index is 8.73. The normalized spacial score (nSPS) is 11.5. The van der Waals surface area contributed by atoms with E-state index in [0.29, 0.717) is 6.54 Å². The number of aliphatic hydroxyl groups excluding tert-OH is 3. The lowest BCUT2D eigenvalue weighted by Crippen LogP contribution is -2.33. The molecule has 11 heavy (non-hydrogen) atoms. The summed E-state index contributed by atoms with van der Waals surface area (Å²) in [4.78, 5) is 1.75. The standard InChI is InChI=1S/C7H17NO3/c1-2-8(6-11)3-7(4-9)5-10/h7,9-11H,2-6H2,1H3. The van der Waals surface area contributed by atoms with Gasteiger partial charge in [-0.15, -0.1) is 0 Å². The molecule has 4 nitrogen and oxygen atoms in total. The van der Waals surface area contributed by atoms with Crippen molar-refractivity contribution in [3.05, 3.63) is 0 Å². The molecule has 68 valence electrons. The molecule has 0 bridgehead atoms. The molecule has 0 radical (unpaired) electrons. The minimum atomic E-state index is -0.137. The predicted molar refractivity (Wildman–Crippen MR) is 42.0 cm³/mol. The van der Waals surface area contributed by atoms with Crippen LogP contribution in [0.5, 0.6) is 0 Å². The highest BCUT2D eigenvalue weighted by molar-refractivity contribution is 4.60. The molecule has 0 amide bonds. The summed E-state index contributed by atoms with van der Waals surface area (Å²) in [5.41, 5.74) is 0. The highest BCUT2D eigenvalue weighted by Crippen LogP contribution is 1.97. The summed E-state index contributed by atoms with van der Waals surface area (Å²) in [5.74, 6) is -0.137. The summed E-state index contributed by atoms with van der Waals surface area (Å²) in [5, 5.41) is 26.1. The van der Waals surface area contributed by atoms with Gasteiger partial charge in [0.1, 0.15) is 0 Å². The van der Waals surface area contributed by atoms with Gasteiger partial charge in [-0.25, -0.2) is 0 Å². The number of aliphatic hydroxyl groups is 3. The van der Waals surface area contributed by atoms with Crippen LogP contribution in [0.4, 0.5) is 0 Å². The van der Waals surface area contributed by atoms with Crippen LogP contribution in [0.2, 0.25) is 0 Å². The molecule has 0 aromatic carbocycles. The van der Waals surface area contributed by atoms with Gasteiger partial charge in [0, 0.05) is 25.7 Å². The van der Waals surface area contributed by atoms with E-state index in [2.05, 4.69) is 0 Å². The average Bonchev–Trinajstić information content (AvgIpc) is 2.07. The Bertz CT molecular complexity index is 71.8. The Morgan fingerprint density at radius 1 is 1.18 bits per heavy atom. The van der Waals surface area contributed by atoms with Crippen LogP contribution >= 0.6 is 0 Å². The molecule has 3 N–H and O–H groups in total. The van der Waals surface area contributed by atoms with Crippen LogP contribution in [0.15, 0.2) is 0 Å². The third-order valence-corrected chi connectivity index (χ3v) is 1.68. The Kier molecular flexibility index (Phi) is 6.45. The quantitative estimate of drug-likeness (QED) is 0.433. The second kappa shape index (κ2) is 6.54. The van der Waals surface area contributed by atoms with Crippen molar-refractivity contribution in [2.75, 3.05) is 33.0 Å². The third kappa shape index (κ3) is 4.31. The molecule has 0 rings (SSSR count). The third-order valence-electron chi connectivity index (χ3n) is 1.68. The molecule has 0 aliphatic heterocycles. The number of nitrogens with zero attached hydrogens (tertiary/aromatic N) is 1. The van der Waals surface area contributed by atoms with Crippen molar-refractivity contribution in [2.45, 2.75) is 6.92 Å². The fraction of sp³-hybridized carbons (Fsp3) is 1.00. The molecule has 4 heteroatoms. The number of hydrogen-bond acceptors (Lipinski definition) is 4. The fourth-order valence-electron chi connectivity index (χ4n) is 0.825. The van der Waals surface area contributed by atoms with Gasteiger partial charge < -0.3 is 15.3 Å². The molecule has 0 saturated carbocycles. The zero-order valence-corrected chi connectivity index (χ0v) is 6.90. The van der Waals surface area contributed by atoms with E-state index < -0.39 is 0 Å². The van der Waals surface area contributed by atoms with Crippen LogP contribution < -0.4 is 0 Å². The minimum absolute atomic E-state index is 0.0208. The molecule has 0 spiro atoms. The Balaban J connectivity index is 3.58. The molecule has 0 aromatic heterocycles. The van der Waals surface area contributed by atoms with Crippen LogP contribution in [0.3, 0.4) is 0 Å². The first-order valence-electron chi connectivity index (χ1n) is 3.83. The predicted octanol–water partition coefficient (Wildman–Crippen LogP) is -1.14. The lowest BCUT2D eigenvalue weighted by atomic mass is 10.1. The zero-order valence-electron chi connectivity index (χ0n) is 6.90. The maximum Gasteiger partial charge on any atom is 0.0956 e. The van der Waals surface area contributed by atoms with E-state index in [4.69, 9.17) is 15.3 Å². The van der Waals surface area contributed by atoms with Crippen molar-refractivity contribution in [1.82, 2.24) is 4.90 Å². The van der Waals surface area contributed by atoms with Gasteiger partial charge in [0.05, 0.1) is 6.73 Å². The van der Waals surface area contributed by atoms with Crippen LogP contribution in [-0.2, 0) is 0 Å². The smallest absolute Gasteiger partial charge is 0.0956 e. The zero-order chi connectivity index (χ0) is 8.69. The molecule has 0 saturated heterocycles. The van der Waals surface area contributed by atoms with E-state index in [-0.39, 0.29) is 25.9 Å². The highest BCUT2D eigenvalue weighted by Gasteiger charge is 2.09.